The molecular formula is C10H10O5S2. The lowest BCUT2D eigenvalue weighted by molar-refractivity contribution is 0.474. The molecule has 7 heteroatoms. The van der Waals surface area contributed by atoms with Crippen molar-refractivity contribution < 1.29 is 21.9 Å². The Labute approximate surface area is 99.2 Å². The first-order valence-electron chi connectivity index (χ1n) is 4.66. The van der Waals surface area contributed by atoms with Crippen molar-refractivity contribution in [2.75, 3.05) is 12.0 Å². The highest BCUT2D eigenvalue weighted by Crippen LogP contribution is 2.35. The molecule has 0 bridgehead atoms. The Morgan fingerprint density at radius 1 is 1.29 bits per heavy atom. The van der Waals surface area contributed by atoms with Crippen LogP contribution in [-0.4, -0.2) is 34.0 Å². The second kappa shape index (κ2) is 3.58. The summed E-state index contributed by atoms with van der Waals surface area (Å²) in [5, 5.41) is 9.24. The van der Waals surface area contributed by atoms with Crippen molar-refractivity contribution >= 4 is 25.8 Å². The number of fused-ring (bicyclic) bond motifs is 1. The lowest BCUT2D eigenvalue weighted by atomic mass is 10.2. The zero-order chi connectivity index (χ0) is 12.8. The molecule has 0 saturated heterocycles. The van der Waals surface area contributed by atoms with Crippen LogP contribution >= 0.6 is 0 Å². The SMILES string of the molecule is CS(=O)(=O)CC1=Cc2cc(O)ccc2S1(=O)=O. The second-order valence-electron chi connectivity index (χ2n) is 3.91. The normalized spacial score (nSPS) is 17.6. The molecule has 1 aliphatic rings. The van der Waals surface area contributed by atoms with Crippen LogP contribution in [0, 0.1) is 0 Å². The van der Waals surface area contributed by atoms with E-state index in [1.807, 2.05) is 0 Å². The molecule has 1 N–H and O–H groups in total. The molecule has 5 nitrogen and oxygen atoms in total. The maximum absolute atomic E-state index is 12.0. The molecule has 1 aromatic carbocycles. The van der Waals surface area contributed by atoms with Crippen LogP contribution in [0.1, 0.15) is 5.56 Å². The summed E-state index contributed by atoms with van der Waals surface area (Å²) in [6.45, 7) is 0. The Kier molecular flexibility index (Phi) is 2.55. The number of hydrogen-bond acceptors (Lipinski definition) is 5. The van der Waals surface area contributed by atoms with Gasteiger partial charge in [-0.1, -0.05) is 0 Å². The zero-order valence-corrected chi connectivity index (χ0v) is 10.5. The summed E-state index contributed by atoms with van der Waals surface area (Å²) in [4.78, 5) is -0.116. The fourth-order valence-electron chi connectivity index (χ4n) is 1.66. The molecule has 1 heterocycles. The van der Waals surface area contributed by atoms with Gasteiger partial charge in [0, 0.05) is 6.26 Å². The smallest absolute Gasteiger partial charge is 0.204 e. The molecule has 0 amide bonds. The van der Waals surface area contributed by atoms with Gasteiger partial charge >= 0.3 is 0 Å². The Balaban J connectivity index is 2.58. The molecule has 0 atom stereocenters. The second-order valence-corrected chi connectivity index (χ2v) is 8.02. The van der Waals surface area contributed by atoms with Crippen molar-refractivity contribution in [1.29, 1.82) is 0 Å². The molecule has 0 unspecified atom stereocenters. The number of hydrogen-bond donors (Lipinski definition) is 1. The Morgan fingerprint density at radius 3 is 2.53 bits per heavy atom. The van der Waals surface area contributed by atoms with E-state index >= 15 is 0 Å². The summed E-state index contributed by atoms with van der Waals surface area (Å²) in [6.07, 6.45) is 2.26. The molecule has 2 rings (SSSR count). The van der Waals surface area contributed by atoms with Gasteiger partial charge in [-0.05, 0) is 29.8 Å². The summed E-state index contributed by atoms with van der Waals surface area (Å²) in [5.74, 6) is -0.582. The minimum absolute atomic E-state index is 0.0361. The third kappa shape index (κ3) is 2.20. The molecule has 92 valence electrons. The maximum atomic E-state index is 12.0. The Bertz CT molecular complexity index is 711. The van der Waals surface area contributed by atoms with E-state index in [-0.39, 0.29) is 15.6 Å². The first kappa shape index (κ1) is 12.1. The molecule has 17 heavy (non-hydrogen) atoms. The minimum atomic E-state index is -3.73. The average Bonchev–Trinajstić information content (AvgIpc) is 2.35. The van der Waals surface area contributed by atoms with E-state index in [0.29, 0.717) is 5.56 Å². The summed E-state index contributed by atoms with van der Waals surface area (Å²) in [7, 11) is -7.14. The van der Waals surface area contributed by atoms with Crippen LogP contribution in [0.5, 0.6) is 5.75 Å². The van der Waals surface area contributed by atoms with E-state index in [2.05, 4.69) is 0 Å². The van der Waals surface area contributed by atoms with Gasteiger partial charge in [-0.25, -0.2) is 16.8 Å². The van der Waals surface area contributed by atoms with Crippen LogP contribution < -0.4 is 0 Å². The van der Waals surface area contributed by atoms with Crippen molar-refractivity contribution in [2.45, 2.75) is 4.90 Å². The highest BCUT2D eigenvalue weighted by Gasteiger charge is 2.31. The molecule has 0 spiro atoms. The number of aromatic hydroxyl groups is 1. The van der Waals surface area contributed by atoms with Crippen molar-refractivity contribution in [1.82, 2.24) is 0 Å². The number of sulfone groups is 2. The first-order chi connectivity index (χ1) is 7.70. The number of phenols is 1. The molecule has 1 aromatic rings. The molecule has 0 aliphatic carbocycles. The average molecular weight is 274 g/mol. The van der Waals surface area contributed by atoms with Crippen LogP contribution in [0.15, 0.2) is 28.0 Å². The van der Waals surface area contributed by atoms with E-state index in [1.54, 1.807) is 0 Å². The summed E-state index contributed by atoms with van der Waals surface area (Å²) in [5.41, 5.74) is 0.323. The van der Waals surface area contributed by atoms with Gasteiger partial charge in [0.25, 0.3) is 0 Å². The molecule has 0 radical (unpaired) electrons. The maximum Gasteiger partial charge on any atom is 0.204 e. The van der Waals surface area contributed by atoms with Crippen LogP contribution in [0.25, 0.3) is 6.08 Å². The monoisotopic (exact) mass is 274 g/mol. The Hall–Kier alpha value is -1.34. The van der Waals surface area contributed by atoms with Crippen LogP contribution in [-0.2, 0) is 19.7 Å². The van der Waals surface area contributed by atoms with Crippen molar-refractivity contribution in [2.24, 2.45) is 0 Å². The van der Waals surface area contributed by atoms with Crippen molar-refractivity contribution in [3.8, 4) is 5.75 Å². The van der Waals surface area contributed by atoms with Crippen molar-refractivity contribution in [3.05, 3.63) is 28.7 Å². The topological polar surface area (TPSA) is 88.5 Å². The third-order valence-corrected chi connectivity index (χ3v) is 5.27. The van der Waals surface area contributed by atoms with E-state index in [0.717, 1.165) is 6.26 Å². The zero-order valence-electron chi connectivity index (χ0n) is 8.91. The largest absolute Gasteiger partial charge is 0.508 e. The first-order valence-corrected chi connectivity index (χ1v) is 8.21. The number of benzene rings is 1. The van der Waals surface area contributed by atoms with Gasteiger partial charge in [0.15, 0.2) is 9.84 Å². The van der Waals surface area contributed by atoms with E-state index in [4.69, 9.17) is 0 Å². The fourth-order valence-corrected chi connectivity index (χ4v) is 4.77. The molecule has 0 saturated carbocycles. The van der Waals surface area contributed by atoms with Gasteiger partial charge in [-0.2, -0.15) is 0 Å². The van der Waals surface area contributed by atoms with E-state index < -0.39 is 25.4 Å². The predicted octanol–water partition coefficient (Wildman–Crippen LogP) is 0.565. The highest BCUT2D eigenvalue weighted by atomic mass is 32.2. The van der Waals surface area contributed by atoms with Crippen LogP contribution in [0.4, 0.5) is 0 Å². The molecule has 0 aromatic heterocycles. The molecule has 1 aliphatic heterocycles. The van der Waals surface area contributed by atoms with Gasteiger partial charge in [-0.3, -0.25) is 0 Å². The van der Waals surface area contributed by atoms with Crippen molar-refractivity contribution in [3.63, 3.8) is 0 Å². The summed E-state index contributed by atoms with van der Waals surface area (Å²) >= 11 is 0. The van der Waals surface area contributed by atoms with Gasteiger partial charge in [0.05, 0.1) is 15.6 Å². The van der Waals surface area contributed by atoms with Crippen LogP contribution in [0.2, 0.25) is 0 Å². The third-order valence-electron chi connectivity index (χ3n) is 2.35. The number of rotatable bonds is 2. The van der Waals surface area contributed by atoms with Gasteiger partial charge in [0.2, 0.25) is 9.84 Å². The highest BCUT2D eigenvalue weighted by molar-refractivity contribution is 7.98. The number of phenolic OH excluding ortho intramolecular Hbond substituents is 1. The minimum Gasteiger partial charge on any atom is -0.508 e. The lowest BCUT2D eigenvalue weighted by Crippen LogP contribution is -2.11. The quantitative estimate of drug-likeness (QED) is 0.851. The van der Waals surface area contributed by atoms with E-state index in [1.165, 1.54) is 24.3 Å². The van der Waals surface area contributed by atoms with E-state index in [9.17, 15) is 21.9 Å². The lowest BCUT2D eigenvalue weighted by Gasteiger charge is -2.02. The summed E-state index contributed by atoms with van der Waals surface area (Å²) in [6, 6.07) is 3.82. The molecule has 0 fully saturated rings. The van der Waals surface area contributed by atoms with Gasteiger partial charge < -0.3 is 5.11 Å². The standard InChI is InChI=1S/C10H10O5S2/c1-16(12,13)6-9-5-7-4-8(11)2-3-10(7)17(9,14)15/h2-5,11H,6H2,1H3. The molecular weight excluding hydrogens is 264 g/mol. The van der Waals surface area contributed by atoms with Gasteiger partial charge in [0.1, 0.15) is 5.75 Å². The van der Waals surface area contributed by atoms with Crippen LogP contribution in [0.3, 0.4) is 0 Å². The fraction of sp³-hybridized carbons (Fsp3) is 0.200. The summed E-state index contributed by atoms with van der Waals surface area (Å²) < 4.78 is 46.2. The predicted molar refractivity (Wildman–Crippen MR) is 63.0 cm³/mol. The van der Waals surface area contributed by atoms with Gasteiger partial charge in [-0.15, -0.1) is 0 Å². The Morgan fingerprint density at radius 2 is 1.94 bits per heavy atom.